The molecule has 6 nitrogen and oxygen atoms in total. The number of carbonyl (C=O) groups is 1. The summed E-state index contributed by atoms with van der Waals surface area (Å²) in [5.41, 5.74) is 1.78. The number of hydrogen-bond acceptors (Lipinski definition) is 4. The van der Waals surface area contributed by atoms with E-state index >= 15 is 0 Å². The summed E-state index contributed by atoms with van der Waals surface area (Å²) in [6, 6.07) is 1.78. The molecule has 0 saturated carbocycles. The molecule has 2 N–H and O–H groups in total. The fraction of sp³-hybridized carbons (Fsp3) is 0.357. The summed E-state index contributed by atoms with van der Waals surface area (Å²) in [5, 5.41) is 12.4. The number of carboxylic acids is 1. The second-order valence-electron chi connectivity index (χ2n) is 4.69. The molecule has 0 saturated heterocycles. The molecule has 20 heavy (non-hydrogen) atoms. The van der Waals surface area contributed by atoms with Gasteiger partial charge in [-0.15, -0.1) is 0 Å². The molecule has 6 heteroatoms. The lowest BCUT2D eigenvalue weighted by Crippen LogP contribution is -2.13. The molecule has 0 aliphatic carbocycles. The van der Waals surface area contributed by atoms with E-state index in [4.69, 9.17) is 0 Å². The Hall–Kier alpha value is -2.37. The van der Waals surface area contributed by atoms with Gasteiger partial charge >= 0.3 is 5.97 Å². The van der Waals surface area contributed by atoms with Gasteiger partial charge in [0, 0.05) is 31.2 Å². The van der Waals surface area contributed by atoms with Gasteiger partial charge in [0.2, 0.25) is 0 Å². The summed E-state index contributed by atoms with van der Waals surface area (Å²) in [6.45, 7) is 5.14. The molecule has 0 radical (unpaired) electrons. The lowest BCUT2D eigenvalue weighted by molar-refractivity contribution is 0.0697. The van der Waals surface area contributed by atoms with Crippen molar-refractivity contribution in [2.45, 2.75) is 26.8 Å². The average molecular weight is 274 g/mol. The largest absolute Gasteiger partial charge is 0.478 e. The first-order valence-electron chi connectivity index (χ1n) is 6.49. The smallest absolute Gasteiger partial charge is 0.339 e. The van der Waals surface area contributed by atoms with Gasteiger partial charge in [-0.2, -0.15) is 0 Å². The van der Waals surface area contributed by atoms with Gasteiger partial charge in [0.05, 0.1) is 6.33 Å². The Bertz CT molecular complexity index is 593. The van der Waals surface area contributed by atoms with Gasteiger partial charge in [0.15, 0.2) is 0 Å². The van der Waals surface area contributed by atoms with E-state index in [-0.39, 0.29) is 5.56 Å². The summed E-state index contributed by atoms with van der Waals surface area (Å²) >= 11 is 0. The Morgan fingerprint density at radius 3 is 2.90 bits per heavy atom. The fourth-order valence-electron chi connectivity index (χ4n) is 2.12. The maximum absolute atomic E-state index is 11.3. The number of anilines is 1. The number of nitrogens with zero attached hydrogens (tertiary/aromatic N) is 3. The molecule has 0 atom stereocenters. The minimum Gasteiger partial charge on any atom is -0.478 e. The van der Waals surface area contributed by atoms with Crippen molar-refractivity contribution < 1.29 is 9.90 Å². The zero-order valence-electron chi connectivity index (χ0n) is 11.6. The van der Waals surface area contributed by atoms with Gasteiger partial charge in [-0.3, -0.25) is 0 Å². The average Bonchev–Trinajstić information content (AvgIpc) is 2.86. The Morgan fingerprint density at radius 2 is 2.25 bits per heavy atom. The summed E-state index contributed by atoms with van der Waals surface area (Å²) in [7, 11) is 0. The number of aromatic nitrogens is 3. The summed E-state index contributed by atoms with van der Waals surface area (Å²) in [4.78, 5) is 19.5. The molecule has 0 aliphatic rings. The van der Waals surface area contributed by atoms with E-state index in [1.807, 2.05) is 17.7 Å². The number of pyridine rings is 1. The number of hydrogen-bond donors (Lipinski definition) is 2. The second-order valence-corrected chi connectivity index (χ2v) is 4.69. The highest BCUT2D eigenvalue weighted by atomic mass is 16.4. The Balaban J connectivity index is 1.99. The van der Waals surface area contributed by atoms with Crippen molar-refractivity contribution in [1.29, 1.82) is 0 Å². The summed E-state index contributed by atoms with van der Waals surface area (Å²) in [5.74, 6) is -0.507. The van der Waals surface area contributed by atoms with E-state index in [0.717, 1.165) is 24.2 Å². The first-order valence-corrected chi connectivity index (χ1v) is 6.49. The topological polar surface area (TPSA) is 80.0 Å². The van der Waals surface area contributed by atoms with Crippen molar-refractivity contribution in [3.8, 4) is 0 Å². The first kappa shape index (κ1) is 14.0. The van der Waals surface area contributed by atoms with E-state index in [9.17, 15) is 9.90 Å². The third-order valence-electron chi connectivity index (χ3n) is 3.00. The zero-order valence-corrected chi connectivity index (χ0v) is 11.6. The van der Waals surface area contributed by atoms with Crippen LogP contribution in [0.4, 0.5) is 5.82 Å². The Morgan fingerprint density at radius 1 is 1.45 bits per heavy atom. The van der Waals surface area contributed by atoms with Crippen molar-refractivity contribution >= 4 is 11.8 Å². The van der Waals surface area contributed by atoms with Crippen LogP contribution in [-0.4, -0.2) is 32.2 Å². The monoisotopic (exact) mass is 274 g/mol. The summed E-state index contributed by atoms with van der Waals surface area (Å²) in [6.07, 6.45) is 6.26. The predicted molar refractivity (Wildman–Crippen MR) is 76.0 cm³/mol. The Kier molecular flexibility index (Phi) is 4.34. The molecule has 2 rings (SSSR count). The van der Waals surface area contributed by atoms with Crippen molar-refractivity contribution in [2.75, 3.05) is 11.9 Å². The van der Waals surface area contributed by atoms with Crippen LogP contribution in [0.15, 0.2) is 24.8 Å². The van der Waals surface area contributed by atoms with Gasteiger partial charge in [-0.1, -0.05) is 0 Å². The maximum Gasteiger partial charge on any atom is 0.339 e. The number of aromatic carboxylic acids is 1. The van der Waals surface area contributed by atoms with Crippen molar-refractivity contribution in [3.05, 3.63) is 41.6 Å². The van der Waals surface area contributed by atoms with E-state index in [0.29, 0.717) is 12.4 Å². The van der Waals surface area contributed by atoms with Gasteiger partial charge in [0.1, 0.15) is 11.4 Å². The van der Waals surface area contributed by atoms with Gasteiger partial charge < -0.3 is 15.0 Å². The molecule has 0 aliphatic heterocycles. The van der Waals surface area contributed by atoms with Crippen LogP contribution < -0.4 is 5.32 Å². The molecular formula is C14H18N4O2. The zero-order chi connectivity index (χ0) is 14.5. The summed E-state index contributed by atoms with van der Waals surface area (Å²) < 4.78 is 1.98. The molecule has 0 fully saturated rings. The predicted octanol–water partition coefficient (Wildman–Crippen LogP) is 2.10. The molecule has 0 spiro atoms. The molecule has 2 aromatic heterocycles. The van der Waals surface area contributed by atoms with Gasteiger partial charge in [-0.25, -0.2) is 14.8 Å². The molecule has 0 unspecified atom stereocenters. The number of nitrogens with one attached hydrogen (secondary N) is 1. The minimum absolute atomic E-state index is 0.248. The molecule has 0 bridgehead atoms. The van der Waals surface area contributed by atoms with Crippen molar-refractivity contribution in [2.24, 2.45) is 0 Å². The highest BCUT2D eigenvalue weighted by Gasteiger charge is 2.15. The molecule has 2 aromatic rings. The Labute approximate surface area is 117 Å². The van der Waals surface area contributed by atoms with Crippen LogP contribution in [0.1, 0.15) is 28.0 Å². The van der Waals surface area contributed by atoms with Crippen LogP contribution >= 0.6 is 0 Å². The van der Waals surface area contributed by atoms with Crippen LogP contribution in [0.2, 0.25) is 0 Å². The fourth-order valence-corrected chi connectivity index (χ4v) is 2.12. The third kappa shape index (κ3) is 3.34. The SMILES string of the molecule is Cc1cc(C)c(C(=O)O)c(NCCCn2ccnc2)n1. The minimum atomic E-state index is -0.952. The number of carboxylic acid groups (broad SMARTS) is 1. The van der Waals surface area contributed by atoms with Gasteiger partial charge in [0.25, 0.3) is 0 Å². The highest BCUT2D eigenvalue weighted by molar-refractivity contribution is 5.94. The lowest BCUT2D eigenvalue weighted by atomic mass is 10.1. The first-order chi connectivity index (χ1) is 9.58. The maximum atomic E-state index is 11.3. The van der Waals surface area contributed by atoms with E-state index < -0.39 is 5.97 Å². The van der Waals surface area contributed by atoms with E-state index in [1.165, 1.54) is 0 Å². The van der Waals surface area contributed by atoms with Crippen LogP contribution in [-0.2, 0) is 6.54 Å². The molecule has 0 amide bonds. The molecule has 2 heterocycles. The third-order valence-corrected chi connectivity index (χ3v) is 3.00. The van der Waals surface area contributed by atoms with E-state index in [1.54, 1.807) is 25.5 Å². The van der Waals surface area contributed by atoms with Crippen LogP contribution in [0.25, 0.3) is 0 Å². The number of imidazole rings is 1. The normalized spacial score (nSPS) is 10.5. The van der Waals surface area contributed by atoms with Gasteiger partial charge in [-0.05, 0) is 31.9 Å². The van der Waals surface area contributed by atoms with Crippen LogP contribution in [0.5, 0.6) is 0 Å². The molecule has 106 valence electrons. The lowest BCUT2D eigenvalue weighted by Gasteiger charge is -2.12. The second kappa shape index (κ2) is 6.18. The standard InChI is InChI=1S/C14H18N4O2/c1-10-8-11(2)17-13(12(10)14(19)20)16-4-3-6-18-7-5-15-9-18/h5,7-9H,3-4,6H2,1-2H3,(H,16,17)(H,19,20). The quantitative estimate of drug-likeness (QED) is 0.788. The highest BCUT2D eigenvalue weighted by Crippen LogP contribution is 2.18. The van der Waals surface area contributed by atoms with Crippen LogP contribution in [0.3, 0.4) is 0 Å². The van der Waals surface area contributed by atoms with Crippen molar-refractivity contribution in [1.82, 2.24) is 14.5 Å². The number of aryl methyl sites for hydroxylation is 3. The molecular weight excluding hydrogens is 256 g/mol. The van der Waals surface area contributed by atoms with Crippen LogP contribution in [0, 0.1) is 13.8 Å². The molecule has 0 aromatic carbocycles. The van der Waals surface area contributed by atoms with Crippen molar-refractivity contribution in [3.63, 3.8) is 0 Å². The van der Waals surface area contributed by atoms with E-state index in [2.05, 4.69) is 15.3 Å². The number of rotatable bonds is 6.